The second-order valence-electron chi connectivity index (χ2n) is 4.86. The van der Waals surface area contributed by atoms with Crippen molar-refractivity contribution < 1.29 is 17.9 Å². The molecular formula is C15H11ClF3N3O. The molecule has 0 fully saturated rings. The average Bonchev–Trinajstić information content (AvgIpc) is 2.83. The van der Waals surface area contributed by atoms with Crippen LogP contribution in [0.1, 0.15) is 11.4 Å². The third-order valence-electron chi connectivity index (χ3n) is 3.39. The molecule has 120 valence electrons. The van der Waals surface area contributed by atoms with Crippen LogP contribution in [0.5, 0.6) is 5.75 Å². The molecule has 8 heteroatoms. The topological polar surface area (TPSA) is 39.4 Å². The van der Waals surface area contributed by atoms with E-state index in [1.807, 2.05) is 0 Å². The number of ether oxygens (including phenoxy) is 1. The van der Waals surface area contributed by atoms with E-state index in [1.165, 1.54) is 11.6 Å². The molecule has 23 heavy (non-hydrogen) atoms. The summed E-state index contributed by atoms with van der Waals surface area (Å²) >= 11 is 5.94. The number of benzene rings is 1. The molecule has 0 amide bonds. The zero-order valence-corrected chi connectivity index (χ0v) is 12.9. The lowest BCUT2D eigenvalue weighted by Crippen LogP contribution is -2.10. The van der Waals surface area contributed by atoms with Crippen molar-refractivity contribution in [2.45, 2.75) is 13.1 Å². The number of para-hydroxylation sites is 1. The number of fused-ring (bicyclic) bond motifs is 1. The van der Waals surface area contributed by atoms with Crippen LogP contribution in [-0.4, -0.2) is 21.7 Å². The number of halogens is 4. The van der Waals surface area contributed by atoms with Crippen LogP contribution in [0.4, 0.5) is 13.2 Å². The van der Waals surface area contributed by atoms with Crippen LogP contribution in [0, 0.1) is 6.92 Å². The van der Waals surface area contributed by atoms with Gasteiger partial charge in [0.2, 0.25) is 0 Å². The molecule has 3 aromatic rings. The van der Waals surface area contributed by atoms with E-state index in [-0.39, 0.29) is 10.8 Å². The molecular weight excluding hydrogens is 331 g/mol. The van der Waals surface area contributed by atoms with Crippen molar-refractivity contribution in [3.8, 4) is 16.9 Å². The monoisotopic (exact) mass is 341 g/mol. The molecule has 0 atom stereocenters. The van der Waals surface area contributed by atoms with Crippen LogP contribution in [0.15, 0.2) is 30.3 Å². The largest absolute Gasteiger partial charge is 0.496 e. The van der Waals surface area contributed by atoms with Crippen molar-refractivity contribution in [3.05, 3.63) is 46.9 Å². The van der Waals surface area contributed by atoms with E-state index >= 15 is 0 Å². The Morgan fingerprint density at radius 2 is 1.91 bits per heavy atom. The van der Waals surface area contributed by atoms with Crippen LogP contribution in [0.2, 0.25) is 5.15 Å². The van der Waals surface area contributed by atoms with Crippen LogP contribution < -0.4 is 4.74 Å². The normalized spacial score (nSPS) is 11.9. The minimum atomic E-state index is -4.60. The summed E-state index contributed by atoms with van der Waals surface area (Å²) in [5.74, 6) is 0.515. The molecule has 0 aliphatic rings. The van der Waals surface area contributed by atoms with Crippen LogP contribution >= 0.6 is 11.6 Å². The first kappa shape index (κ1) is 15.6. The minimum Gasteiger partial charge on any atom is -0.496 e. The van der Waals surface area contributed by atoms with Gasteiger partial charge in [-0.3, -0.25) is 0 Å². The highest BCUT2D eigenvalue weighted by Crippen LogP contribution is 2.37. The van der Waals surface area contributed by atoms with Gasteiger partial charge in [0.25, 0.3) is 0 Å². The number of aromatic nitrogens is 3. The van der Waals surface area contributed by atoms with Gasteiger partial charge in [-0.05, 0) is 13.0 Å². The molecule has 0 unspecified atom stereocenters. The molecule has 0 radical (unpaired) electrons. The standard InChI is InChI=1S/C15H11ClF3N3O/c1-8-13(9-5-3-4-6-10(9)23-2)14-20-11(15(17,18)19)7-12(16)22(14)21-8/h3-7H,1-2H3. The Labute approximate surface area is 134 Å². The van der Waals surface area contributed by atoms with Gasteiger partial charge in [0.15, 0.2) is 5.65 Å². The second kappa shape index (κ2) is 5.42. The number of hydrogen-bond acceptors (Lipinski definition) is 3. The number of aryl methyl sites for hydroxylation is 1. The van der Waals surface area contributed by atoms with Crippen LogP contribution in [0.3, 0.4) is 0 Å². The Morgan fingerprint density at radius 3 is 2.57 bits per heavy atom. The smallest absolute Gasteiger partial charge is 0.433 e. The summed E-state index contributed by atoms with van der Waals surface area (Å²) in [6.07, 6.45) is -4.60. The van der Waals surface area contributed by atoms with E-state index in [9.17, 15) is 13.2 Å². The third-order valence-corrected chi connectivity index (χ3v) is 3.66. The summed E-state index contributed by atoms with van der Waals surface area (Å²) in [4.78, 5) is 3.72. The second-order valence-corrected chi connectivity index (χ2v) is 5.25. The van der Waals surface area contributed by atoms with Gasteiger partial charge in [0, 0.05) is 11.6 Å². The first-order chi connectivity index (χ1) is 10.8. The third kappa shape index (κ3) is 2.61. The molecule has 3 rings (SSSR count). The van der Waals surface area contributed by atoms with E-state index < -0.39 is 11.9 Å². The van der Waals surface area contributed by atoms with Crippen molar-refractivity contribution in [3.63, 3.8) is 0 Å². The molecule has 0 spiro atoms. The predicted octanol–water partition coefficient (Wildman–Crippen LogP) is 4.39. The minimum absolute atomic E-state index is 0.0341. The Morgan fingerprint density at radius 1 is 1.22 bits per heavy atom. The lowest BCUT2D eigenvalue weighted by Gasteiger charge is -2.09. The van der Waals surface area contributed by atoms with Crippen molar-refractivity contribution in [1.29, 1.82) is 0 Å². The van der Waals surface area contributed by atoms with Gasteiger partial charge >= 0.3 is 6.18 Å². The molecule has 0 N–H and O–H groups in total. The summed E-state index contributed by atoms with van der Waals surface area (Å²) < 4.78 is 45.5. The van der Waals surface area contributed by atoms with Gasteiger partial charge in [-0.15, -0.1) is 0 Å². The summed E-state index contributed by atoms with van der Waals surface area (Å²) in [6, 6.07) is 7.74. The molecule has 4 nitrogen and oxygen atoms in total. The Bertz CT molecular complexity index is 890. The van der Waals surface area contributed by atoms with Crippen molar-refractivity contribution >= 4 is 17.2 Å². The fraction of sp³-hybridized carbons (Fsp3) is 0.200. The first-order valence-electron chi connectivity index (χ1n) is 6.59. The fourth-order valence-electron chi connectivity index (χ4n) is 2.40. The molecule has 0 saturated heterocycles. The maximum absolute atomic E-state index is 13.0. The van der Waals surface area contributed by atoms with Gasteiger partial charge in [0.1, 0.15) is 16.6 Å². The number of rotatable bonds is 2. The van der Waals surface area contributed by atoms with E-state index in [0.717, 1.165) is 6.07 Å². The molecule has 1 aromatic carbocycles. The summed E-state index contributed by atoms with van der Waals surface area (Å²) in [7, 11) is 1.49. The van der Waals surface area contributed by atoms with Crippen molar-refractivity contribution in [2.24, 2.45) is 0 Å². The maximum atomic E-state index is 13.0. The fourth-order valence-corrected chi connectivity index (χ4v) is 2.62. The molecule has 0 saturated carbocycles. The molecule has 2 aromatic heterocycles. The average molecular weight is 342 g/mol. The number of hydrogen-bond donors (Lipinski definition) is 0. The van der Waals surface area contributed by atoms with Crippen molar-refractivity contribution in [1.82, 2.24) is 14.6 Å². The molecule has 0 bridgehead atoms. The van der Waals surface area contributed by atoms with E-state index in [4.69, 9.17) is 16.3 Å². The van der Waals surface area contributed by atoms with Crippen LogP contribution in [-0.2, 0) is 6.18 Å². The van der Waals surface area contributed by atoms with Crippen molar-refractivity contribution in [2.75, 3.05) is 7.11 Å². The van der Waals surface area contributed by atoms with Crippen LogP contribution in [0.25, 0.3) is 16.8 Å². The lowest BCUT2D eigenvalue weighted by atomic mass is 10.1. The summed E-state index contributed by atoms with van der Waals surface area (Å²) in [5, 5.41) is 4.03. The van der Waals surface area contributed by atoms with E-state index in [2.05, 4.69) is 10.1 Å². The number of methoxy groups -OCH3 is 1. The quantitative estimate of drug-likeness (QED) is 0.649. The zero-order valence-electron chi connectivity index (χ0n) is 12.1. The van der Waals surface area contributed by atoms with E-state index in [0.29, 0.717) is 22.6 Å². The highest BCUT2D eigenvalue weighted by atomic mass is 35.5. The van der Waals surface area contributed by atoms with Gasteiger partial charge < -0.3 is 4.74 Å². The SMILES string of the molecule is COc1ccccc1-c1c(C)nn2c(Cl)cc(C(F)(F)F)nc12. The molecule has 2 heterocycles. The maximum Gasteiger partial charge on any atom is 0.433 e. The van der Waals surface area contributed by atoms with Gasteiger partial charge in [-0.25, -0.2) is 9.50 Å². The predicted molar refractivity (Wildman–Crippen MR) is 79.7 cm³/mol. The highest BCUT2D eigenvalue weighted by molar-refractivity contribution is 6.29. The zero-order chi connectivity index (χ0) is 16.8. The van der Waals surface area contributed by atoms with Gasteiger partial charge in [-0.1, -0.05) is 29.8 Å². The molecule has 0 aliphatic heterocycles. The van der Waals surface area contributed by atoms with E-state index in [1.54, 1.807) is 31.2 Å². The number of nitrogens with zero attached hydrogens (tertiary/aromatic N) is 3. The van der Waals surface area contributed by atoms with Gasteiger partial charge in [-0.2, -0.15) is 18.3 Å². The first-order valence-corrected chi connectivity index (χ1v) is 6.97. The summed E-state index contributed by atoms with van der Waals surface area (Å²) in [6.45, 7) is 1.68. The number of alkyl halides is 3. The Balaban J connectivity index is 2.37. The Hall–Kier alpha value is -2.28. The lowest BCUT2D eigenvalue weighted by molar-refractivity contribution is -0.141. The van der Waals surface area contributed by atoms with Gasteiger partial charge in [0.05, 0.1) is 18.4 Å². The summed E-state index contributed by atoms with van der Waals surface area (Å²) in [5.41, 5.74) is 0.530. The molecule has 0 aliphatic carbocycles. The Kier molecular flexibility index (Phi) is 3.68. The highest BCUT2D eigenvalue weighted by Gasteiger charge is 2.34.